The molecule has 0 spiro atoms. The van der Waals surface area contributed by atoms with Crippen molar-refractivity contribution in [2.24, 2.45) is 5.92 Å². The monoisotopic (exact) mass is 461 g/mol. The van der Waals surface area contributed by atoms with E-state index < -0.39 is 4.92 Å². The van der Waals surface area contributed by atoms with E-state index in [1.165, 1.54) is 23.9 Å². The van der Waals surface area contributed by atoms with Crippen LogP contribution in [0.3, 0.4) is 0 Å². The van der Waals surface area contributed by atoms with Crippen molar-refractivity contribution in [2.45, 2.75) is 37.9 Å². The van der Waals surface area contributed by atoms with Crippen LogP contribution in [0.15, 0.2) is 40.3 Å². The van der Waals surface area contributed by atoms with E-state index in [1.54, 1.807) is 22.8 Å². The molecule has 1 aromatic heterocycles. The minimum absolute atomic E-state index is 0.0240. The van der Waals surface area contributed by atoms with Gasteiger partial charge < -0.3 is 9.47 Å². The second kappa shape index (κ2) is 8.86. The SMILES string of the molecule is CC(C)Cn1c(SCc2cc([N+](=O)[O-])cc3c2OCOC3)nc2ccc(Cl)cc2c1=O. The lowest BCUT2D eigenvalue weighted by Crippen LogP contribution is -2.25. The summed E-state index contributed by atoms with van der Waals surface area (Å²) in [5.74, 6) is 1.17. The minimum Gasteiger partial charge on any atom is -0.467 e. The van der Waals surface area contributed by atoms with Gasteiger partial charge in [-0.15, -0.1) is 0 Å². The molecule has 0 radical (unpaired) electrons. The Hall–Kier alpha value is -2.62. The molecule has 0 saturated heterocycles. The molecule has 0 bridgehead atoms. The van der Waals surface area contributed by atoms with Gasteiger partial charge in [0.25, 0.3) is 11.2 Å². The lowest BCUT2D eigenvalue weighted by atomic mass is 10.1. The van der Waals surface area contributed by atoms with Gasteiger partial charge in [-0.3, -0.25) is 19.5 Å². The molecule has 0 unspecified atom stereocenters. The first-order chi connectivity index (χ1) is 14.8. The number of halogens is 1. The highest BCUT2D eigenvalue weighted by Crippen LogP contribution is 2.36. The predicted molar refractivity (Wildman–Crippen MR) is 119 cm³/mol. The zero-order valence-electron chi connectivity index (χ0n) is 17.0. The van der Waals surface area contributed by atoms with Gasteiger partial charge >= 0.3 is 0 Å². The van der Waals surface area contributed by atoms with Gasteiger partial charge in [0.15, 0.2) is 11.9 Å². The van der Waals surface area contributed by atoms with Crippen LogP contribution in [0.1, 0.15) is 25.0 Å². The number of benzene rings is 2. The van der Waals surface area contributed by atoms with Crippen LogP contribution in [0.2, 0.25) is 5.02 Å². The van der Waals surface area contributed by atoms with E-state index in [2.05, 4.69) is 4.98 Å². The number of thioether (sulfide) groups is 1. The van der Waals surface area contributed by atoms with Crippen molar-refractivity contribution in [2.75, 3.05) is 6.79 Å². The summed E-state index contributed by atoms with van der Waals surface area (Å²) in [5, 5.41) is 12.8. The van der Waals surface area contributed by atoms with E-state index in [0.717, 1.165) is 0 Å². The maximum atomic E-state index is 13.1. The maximum Gasteiger partial charge on any atom is 0.270 e. The second-order valence-corrected chi connectivity index (χ2v) is 8.99. The van der Waals surface area contributed by atoms with E-state index in [4.69, 9.17) is 21.1 Å². The highest BCUT2D eigenvalue weighted by molar-refractivity contribution is 7.98. The lowest BCUT2D eigenvalue weighted by Gasteiger charge is -2.21. The average Bonchev–Trinajstić information content (AvgIpc) is 2.74. The Morgan fingerprint density at radius 3 is 2.87 bits per heavy atom. The van der Waals surface area contributed by atoms with E-state index >= 15 is 0 Å². The number of aromatic nitrogens is 2. The Labute approximate surface area is 187 Å². The molecular weight excluding hydrogens is 442 g/mol. The molecule has 0 saturated carbocycles. The van der Waals surface area contributed by atoms with Crippen LogP contribution in [0.5, 0.6) is 5.75 Å². The third kappa shape index (κ3) is 4.53. The molecule has 0 N–H and O–H groups in total. The van der Waals surface area contributed by atoms with Crippen LogP contribution in [-0.4, -0.2) is 21.3 Å². The molecule has 2 aromatic carbocycles. The van der Waals surface area contributed by atoms with E-state index in [-0.39, 0.29) is 30.6 Å². The van der Waals surface area contributed by atoms with Crippen LogP contribution in [-0.2, 0) is 23.6 Å². The van der Waals surface area contributed by atoms with Crippen molar-refractivity contribution in [3.63, 3.8) is 0 Å². The third-order valence-electron chi connectivity index (χ3n) is 4.77. The Morgan fingerprint density at radius 2 is 2.13 bits per heavy atom. The highest BCUT2D eigenvalue weighted by atomic mass is 35.5. The minimum atomic E-state index is -0.435. The Balaban J connectivity index is 1.75. The van der Waals surface area contributed by atoms with Gasteiger partial charge in [-0.1, -0.05) is 37.2 Å². The fourth-order valence-corrected chi connectivity index (χ4v) is 4.59. The zero-order chi connectivity index (χ0) is 22.1. The summed E-state index contributed by atoms with van der Waals surface area (Å²) in [6.45, 7) is 4.88. The number of nitro groups is 1. The molecule has 162 valence electrons. The number of fused-ring (bicyclic) bond motifs is 2. The number of hydrogen-bond donors (Lipinski definition) is 0. The van der Waals surface area contributed by atoms with Crippen LogP contribution >= 0.6 is 23.4 Å². The smallest absolute Gasteiger partial charge is 0.270 e. The molecule has 3 aromatic rings. The summed E-state index contributed by atoms with van der Waals surface area (Å²) in [6, 6.07) is 8.02. The summed E-state index contributed by atoms with van der Waals surface area (Å²) in [6.07, 6.45) is 0. The molecule has 1 aliphatic rings. The van der Waals surface area contributed by atoms with Gasteiger partial charge in [0.05, 0.1) is 22.4 Å². The van der Waals surface area contributed by atoms with Crippen molar-refractivity contribution in [3.05, 3.63) is 66.9 Å². The Morgan fingerprint density at radius 1 is 1.32 bits per heavy atom. The predicted octanol–water partition coefficient (Wildman–Crippen LogP) is 4.77. The topological polar surface area (TPSA) is 96.5 Å². The van der Waals surface area contributed by atoms with Gasteiger partial charge in [-0.2, -0.15) is 0 Å². The van der Waals surface area contributed by atoms with E-state index in [1.807, 2.05) is 13.8 Å². The van der Waals surface area contributed by atoms with Crippen LogP contribution in [0.4, 0.5) is 5.69 Å². The quantitative estimate of drug-likeness (QED) is 0.225. The number of nitro benzene ring substituents is 1. The van der Waals surface area contributed by atoms with Crippen LogP contribution in [0, 0.1) is 16.0 Å². The zero-order valence-corrected chi connectivity index (χ0v) is 18.5. The second-order valence-electron chi connectivity index (χ2n) is 7.62. The molecule has 31 heavy (non-hydrogen) atoms. The van der Waals surface area contributed by atoms with Gasteiger partial charge in [0, 0.05) is 40.6 Å². The van der Waals surface area contributed by atoms with Crippen molar-refractivity contribution in [1.82, 2.24) is 9.55 Å². The average molecular weight is 462 g/mol. The fourth-order valence-electron chi connectivity index (χ4n) is 3.44. The van der Waals surface area contributed by atoms with Gasteiger partial charge in [0.2, 0.25) is 0 Å². The van der Waals surface area contributed by atoms with Crippen molar-refractivity contribution >= 4 is 40.0 Å². The van der Waals surface area contributed by atoms with E-state index in [9.17, 15) is 14.9 Å². The standard InChI is InChI=1S/C21H20ClN3O5S/c1-12(2)8-24-20(26)17-7-15(22)3-4-18(17)23-21(24)31-10-14-6-16(25(27)28)5-13-9-29-11-30-19(13)14/h3-7,12H,8-11H2,1-2H3. The summed E-state index contributed by atoms with van der Waals surface area (Å²) in [5.41, 5.74) is 1.68. The van der Waals surface area contributed by atoms with Crippen molar-refractivity contribution in [1.29, 1.82) is 0 Å². The molecule has 0 atom stereocenters. The number of non-ortho nitro benzene ring substituents is 1. The van der Waals surface area contributed by atoms with Crippen molar-refractivity contribution < 1.29 is 14.4 Å². The summed E-state index contributed by atoms with van der Waals surface area (Å²) < 4.78 is 12.5. The number of hydrogen-bond acceptors (Lipinski definition) is 7. The van der Waals surface area contributed by atoms with Gasteiger partial charge in [-0.05, 0) is 24.1 Å². The van der Waals surface area contributed by atoms with E-state index in [0.29, 0.717) is 50.3 Å². The van der Waals surface area contributed by atoms with Gasteiger partial charge in [-0.25, -0.2) is 4.98 Å². The number of nitrogens with zero attached hydrogens (tertiary/aromatic N) is 3. The Bertz CT molecular complexity index is 1230. The van der Waals surface area contributed by atoms with Gasteiger partial charge in [0.1, 0.15) is 5.75 Å². The first-order valence-corrected chi connectivity index (χ1v) is 11.0. The molecule has 2 heterocycles. The molecule has 1 aliphatic heterocycles. The Kier molecular flexibility index (Phi) is 6.17. The first-order valence-electron chi connectivity index (χ1n) is 9.67. The third-order valence-corrected chi connectivity index (χ3v) is 6.03. The van der Waals surface area contributed by atoms with Crippen LogP contribution < -0.4 is 10.3 Å². The van der Waals surface area contributed by atoms with Crippen molar-refractivity contribution in [3.8, 4) is 5.75 Å². The molecule has 8 nitrogen and oxygen atoms in total. The fraction of sp³-hybridized carbons (Fsp3) is 0.333. The summed E-state index contributed by atoms with van der Waals surface area (Å²) in [4.78, 5) is 28.7. The number of ether oxygens (including phenoxy) is 2. The summed E-state index contributed by atoms with van der Waals surface area (Å²) in [7, 11) is 0. The number of rotatable bonds is 6. The first kappa shape index (κ1) is 21.6. The normalized spacial score (nSPS) is 13.3. The van der Waals surface area contributed by atoms with Crippen LogP contribution in [0.25, 0.3) is 10.9 Å². The largest absolute Gasteiger partial charge is 0.467 e. The lowest BCUT2D eigenvalue weighted by molar-refractivity contribution is -0.385. The molecule has 4 rings (SSSR count). The molecular formula is C21H20ClN3O5S. The summed E-state index contributed by atoms with van der Waals surface area (Å²) >= 11 is 7.42. The molecule has 0 aliphatic carbocycles. The molecule has 0 amide bonds. The molecule has 10 heteroatoms. The highest BCUT2D eigenvalue weighted by Gasteiger charge is 2.22. The molecule has 0 fully saturated rings. The maximum absolute atomic E-state index is 13.1.